The van der Waals surface area contributed by atoms with Crippen LogP contribution in [0.2, 0.25) is 0 Å². The molecule has 2 bridgehead atoms. The number of aliphatic hydroxyl groups is 3. The molecule has 1 unspecified atom stereocenters. The van der Waals surface area contributed by atoms with Crippen molar-refractivity contribution in [3.8, 4) is 0 Å². The largest absolute Gasteiger partial charge is 0.545 e. The highest BCUT2D eigenvalue weighted by Crippen LogP contribution is 2.77. The standard InChI is InChI=1S/C31H50N4O6/c1-18-3-6-20-13-23-26(27(38)39)31(40,25-8-5-19-4-7-22(37)14-24(19)41-25)16-29(18,23)30(20)17-35(28(32)33-2)11-9-21(30)15-34-10-12-36/h18-22,24-25,34,36-37,40H,3-17H2,1-2H3,(H2,32,33)(H,38,39)/t18-,19-,20-,21-,22-,24-,25+,29+,30-,31+/m1/s1. The number of piperidine rings is 1. The molecule has 6 rings (SSSR count). The Labute approximate surface area is 243 Å². The maximum Gasteiger partial charge on any atom is 0.293 e. The molecule has 0 aromatic heterocycles. The Morgan fingerprint density at radius 2 is 2.00 bits per heavy atom. The molecule has 10 heteroatoms. The van der Waals surface area contributed by atoms with Crippen molar-refractivity contribution < 1.29 is 34.9 Å². The highest BCUT2D eigenvalue weighted by molar-refractivity contribution is 5.90. The number of quaternary nitrogens is 1. The molecule has 10 nitrogen and oxygen atoms in total. The predicted molar refractivity (Wildman–Crippen MR) is 151 cm³/mol. The second-order valence-electron chi connectivity index (χ2n) is 14.2. The van der Waals surface area contributed by atoms with Crippen LogP contribution in [0.3, 0.4) is 0 Å². The zero-order valence-electron chi connectivity index (χ0n) is 24.7. The fraction of sp³-hybridized carbons (Fsp3) is 0.871. The highest BCUT2D eigenvalue weighted by Gasteiger charge is 2.76. The van der Waals surface area contributed by atoms with Crippen LogP contribution in [0.25, 0.3) is 0 Å². The third-order valence-electron chi connectivity index (χ3n) is 12.7. The van der Waals surface area contributed by atoms with Gasteiger partial charge in [-0.2, -0.15) is 0 Å². The smallest absolute Gasteiger partial charge is 0.293 e. The number of hydrogen-bond acceptors (Lipinski definition) is 8. The van der Waals surface area contributed by atoms with Crippen molar-refractivity contribution in [1.82, 2.24) is 5.32 Å². The van der Waals surface area contributed by atoms with E-state index in [1.807, 2.05) is 0 Å². The number of nitrogens with two attached hydrogens (primary N) is 1. The summed E-state index contributed by atoms with van der Waals surface area (Å²) in [5, 5.41) is 49.2. The Hall–Kier alpha value is -1.56. The molecule has 2 aliphatic heterocycles. The van der Waals surface area contributed by atoms with Gasteiger partial charge >= 0.3 is 0 Å². The van der Waals surface area contributed by atoms with Crippen molar-refractivity contribution >= 4 is 11.9 Å². The van der Waals surface area contributed by atoms with Crippen LogP contribution in [0.4, 0.5) is 0 Å². The van der Waals surface area contributed by atoms with Crippen LogP contribution in [0.1, 0.15) is 71.1 Å². The maximum atomic E-state index is 13.1. The van der Waals surface area contributed by atoms with Crippen molar-refractivity contribution in [2.75, 3.05) is 39.8 Å². The number of likely N-dealkylation sites (tertiary alicyclic amines) is 1. The first-order valence-corrected chi connectivity index (χ1v) is 16.0. The van der Waals surface area contributed by atoms with E-state index in [1.165, 1.54) is 0 Å². The summed E-state index contributed by atoms with van der Waals surface area (Å²) in [6.07, 6.45) is 6.35. The van der Waals surface area contributed by atoms with Gasteiger partial charge < -0.3 is 41.0 Å². The van der Waals surface area contributed by atoms with E-state index in [9.17, 15) is 25.2 Å². The number of aliphatic hydroxyl groups excluding tert-OH is 2. The number of hydrogen-bond donors (Lipinski definition) is 6. The summed E-state index contributed by atoms with van der Waals surface area (Å²) in [5.41, 5.74) is 5.00. The minimum Gasteiger partial charge on any atom is -0.545 e. The molecule has 7 N–H and O–H groups in total. The molecule has 0 aromatic rings. The van der Waals surface area contributed by atoms with Gasteiger partial charge in [-0.15, -0.1) is 0 Å². The van der Waals surface area contributed by atoms with Crippen LogP contribution in [-0.4, -0.2) is 91.0 Å². The van der Waals surface area contributed by atoms with E-state index in [0.29, 0.717) is 44.1 Å². The average molecular weight is 575 g/mol. The average Bonchev–Trinajstić information content (AvgIpc) is 3.31. The summed E-state index contributed by atoms with van der Waals surface area (Å²) in [6, 6.07) is 0. The molecule has 6 aliphatic rings. The SMILES string of the molecule is CN=C(N)[NH+]1CC[C@H](CNCCO)[C@@]2(C1)[C@@H]1CC[C@@H](C)[C@]23C[C@](O)([C@@H]2CC[C@H]4CC[C@@H](O)C[C@H]4O2)C(C(=O)[O-])=C3C1. The lowest BCUT2D eigenvalue weighted by Gasteiger charge is -2.61. The van der Waals surface area contributed by atoms with E-state index in [0.717, 1.165) is 68.6 Å². The van der Waals surface area contributed by atoms with E-state index < -0.39 is 29.2 Å². The summed E-state index contributed by atoms with van der Waals surface area (Å²) in [7, 11) is 1.73. The van der Waals surface area contributed by atoms with E-state index in [-0.39, 0.29) is 41.5 Å². The number of nitrogens with zero attached hydrogens (tertiary/aromatic N) is 1. The monoisotopic (exact) mass is 574 g/mol. The number of nitrogens with one attached hydrogen (secondary N) is 2. The normalized spacial score (nSPS) is 47.9. The van der Waals surface area contributed by atoms with E-state index in [4.69, 9.17) is 10.5 Å². The number of fused-ring (bicyclic) bond motifs is 1. The minimum atomic E-state index is -1.64. The van der Waals surface area contributed by atoms with Gasteiger partial charge in [-0.3, -0.25) is 4.90 Å². The quantitative estimate of drug-likeness (QED) is 0.130. The first kappa shape index (κ1) is 29.5. The van der Waals surface area contributed by atoms with Gasteiger partial charge in [0.15, 0.2) is 0 Å². The summed E-state index contributed by atoms with van der Waals surface area (Å²) < 4.78 is 6.60. The molecule has 2 heterocycles. The Morgan fingerprint density at radius 3 is 2.73 bits per heavy atom. The summed E-state index contributed by atoms with van der Waals surface area (Å²) in [6.45, 7) is 5.15. The zero-order chi connectivity index (χ0) is 29.2. The van der Waals surface area contributed by atoms with Gasteiger partial charge in [0.1, 0.15) is 5.60 Å². The molecule has 3 saturated carbocycles. The molecule has 4 aliphatic carbocycles. The van der Waals surface area contributed by atoms with E-state index >= 15 is 0 Å². The Balaban J connectivity index is 1.45. The zero-order valence-corrected chi connectivity index (χ0v) is 24.7. The third-order valence-corrected chi connectivity index (χ3v) is 12.7. The lowest BCUT2D eigenvalue weighted by atomic mass is 9.45. The Bertz CT molecular complexity index is 1100. The molecule has 2 spiro atoms. The third kappa shape index (κ3) is 4.26. The molecular weight excluding hydrogens is 524 g/mol. The molecule has 41 heavy (non-hydrogen) atoms. The summed E-state index contributed by atoms with van der Waals surface area (Å²) in [5.74, 6) is 0.341. The Morgan fingerprint density at radius 1 is 1.22 bits per heavy atom. The fourth-order valence-electron chi connectivity index (χ4n) is 11.1. The Kier molecular flexibility index (Phi) is 7.82. The number of aliphatic carboxylic acids is 1. The maximum absolute atomic E-state index is 13.1. The second-order valence-corrected chi connectivity index (χ2v) is 14.2. The molecule has 2 saturated heterocycles. The molecule has 0 radical (unpaired) electrons. The number of guanidine groups is 1. The summed E-state index contributed by atoms with van der Waals surface area (Å²) >= 11 is 0. The number of carboxylic acid groups (broad SMARTS) is 1. The predicted octanol–water partition coefficient (Wildman–Crippen LogP) is -1.27. The molecular formula is C31H50N4O6. The van der Waals surface area contributed by atoms with Crippen molar-refractivity contribution in [3.05, 3.63) is 11.1 Å². The van der Waals surface area contributed by atoms with E-state index in [1.54, 1.807) is 7.05 Å². The van der Waals surface area contributed by atoms with Crippen LogP contribution in [0.15, 0.2) is 16.1 Å². The number of carboxylic acids is 1. The molecule has 5 fully saturated rings. The van der Waals surface area contributed by atoms with Crippen molar-refractivity contribution in [3.63, 3.8) is 0 Å². The van der Waals surface area contributed by atoms with Gasteiger partial charge in [-0.1, -0.05) is 12.5 Å². The van der Waals surface area contributed by atoms with Gasteiger partial charge in [0.05, 0.1) is 44.0 Å². The second kappa shape index (κ2) is 10.9. The lowest BCUT2D eigenvalue weighted by Crippen LogP contribution is -3.19. The molecule has 11 atom stereocenters. The van der Waals surface area contributed by atoms with Crippen LogP contribution in [-0.2, 0) is 9.53 Å². The molecule has 230 valence electrons. The number of carbonyl (C=O) groups is 1. The molecule has 0 aromatic carbocycles. The minimum absolute atomic E-state index is 0.0626. The topological polar surface area (TPSA) is 165 Å². The molecule has 0 amide bonds. The van der Waals surface area contributed by atoms with Crippen LogP contribution < -0.4 is 21.1 Å². The van der Waals surface area contributed by atoms with Crippen LogP contribution >= 0.6 is 0 Å². The van der Waals surface area contributed by atoms with Gasteiger partial charge in [0.25, 0.3) is 5.96 Å². The van der Waals surface area contributed by atoms with E-state index in [2.05, 4.69) is 17.2 Å². The fourth-order valence-corrected chi connectivity index (χ4v) is 11.1. The number of allylic oxidation sites excluding steroid dienone is 1. The first-order chi connectivity index (χ1) is 19.6. The first-order valence-electron chi connectivity index (χ1n) is 16.0. The van der Waals surface area contributed by atoms with Crippen LogP contribution in [0, 0.1) is 34.5 Å². The number of aliphatic imine (C=N–C) groups is 1. The van der Waals surface area contributed by atoms with Gasteiger partial charge in [0.2, 0.25) is 0 Å². The van der Waals surface area contributed by atoms with Crippen LogP contribution in [0.5, 0.6) is 0 Å². The number of rotatable bonds is 6. The number of carbonyl (C=O) groups excluding carboxylic acids is 1. The number of ether oxygens (including phenoxy) is 1. The van der Waals surface area contributed by atoms with Gasteiger partial charge in [-0.05, 0) is 88.0 Å². The van der Waals surface area contributed by atoms with Gasteiger partial charge in [-0.25, -0.2) is 4.99 Å². The highest BCUT2D eigenvalue weighted by atomic mass is 16.5. The van der Waals surface area contributed by atoms with Crippen molar-refractivity contribution in [2.45, 2.75) is 95.0 Å². The lowest BCUT2D eigenvalue weighted by molar-refractivity contribution is -0.828. The summed E-state index contributed by atoms with van der Waals surface area (Å²) in [4.78, 5) is 18.6. The van der Waals surface area contributed by atoms with Gasteiger partial charge in [0, 0.05) is 36.4 Å². The van der Waals surface area contributed by atoms with Crippen molar-refractivity contribution in [2.24, 2.45) is 45.2 Å². The van der Waals surface area contributed by atoms with Crippen molar-refractivity contribution in [1.29, 1.82) is 0 Å².